The lowest BCUT2D eigenvalue weighted by Crippen LogP contribution is -2.11. The molecule has 4 aromatic rings. The van der Waals surface area contributed by atoms with E-state index in [0.29, 0.717) is 5.56 Å². The molecule has 0 saturated carbocycles. The SMILES string of the molecule is Cc1ccc(NC(=O)c2ccccc2)cc1Nc1nc(-c2cccnc2)cs1. The number of carbonyl (C=O) groups is 1. The third kappa shape index (κ3) is 4.07. The average molecular weight is 386 g/mol. The minimum Gasteiger partial charge on any atom is -0.331 e. The van der Waals surface area contributed by atoms with Crippen molar-refractivity contribution >= 4 is 33.8 Å². The van der Waals surface area contributed by atoms with Gasteiger partial charge < -0.3 is 10.6 Å². The van der Waals surface area contributed by atoms with E-state index in [9.17, 15) is 4.79 Å². The van der Waals surface area contributed by atoms with Crippen LogP contribution in [0.1, 0.15) is 15.9 Å². The van der Waals surface area contributed by atoms with Gasteiger partial charge in [0.1, 0.15) is 0 Å². The Morgan fingerprint density at radius 1 is 1.04 bits per heavy atom. The largest absolute Gasteiger partial charge is 0.331 e. The summed E-state index contributed by atoms with van der Waals surface area (Å²) in [6.45, 7) is 2.01. The minimum absolute atomic E-state index is 0.136. The van der Waals surface area contributed by atoms with Crippen LogP contribution < -0.4 is 10.6 Å². The zero-order valence-electron chi connectivity index (χ0n) is 15.2. The van der Waals surface area contributed by atoms with E-state index in [-0.39, 0.29) is 5.91 Å². The van der Waals surface area contributed by atoms with Crippen molar-refractivity contribution in [2.45, 2.75) is 6.92 Å². The predicted molar refractivity (Wildman–Crippen MR) is 114 cm³/mol. The van der Waals surface area contributed by atoms with E-state index >= 15 is 0 Å². The molecule has 0 radical (unpaired) electrons. The lowest BCUT2D eigenvalue weighted by Gasteiger charge is -2.11. The number of anilines is 3. The van der Waals surface area contributed by atoms with E-state index in [2.05, 4.69) is 20.6 Å². The number of thiazole rings is 1. The second kappa shape index (κ2) is 8.02. The topological polar surface area (TPSA) is 66.9 Å². The van der Waals surface area contributed by atoms with Crippen molar-refractivity contribution < 1.29 is 4.79 Å². The fourth-order valence-electron chi connectivity index (χ4n) is 2.72. The fourth-order valence-corrected chi connectivity index (χ4v) is 3.45. The van der Waals surface area contributed by atoms with Gasteiger partial charge in [0.2, 0.25) is 0 Å². The molecule has 2 aromatic carbocycles. The molecule has 4 rings (SSSR count). The van der Waals surface area contributed by atoms with Gasteiger partial charge in [-0.15, -0.1) is 11.3 Å². The number of aryl methyl sites for hydroxylation is 1. The Morgan fingerprint density at radius 2 is 1.89 bits per heavy atom. The van der Waals surface area contributed by atoms with Gasteiger partial charge in [0, 0.05) is 40.3 Å². The Bertz CT molecular complexity index is 1090. The number of hydrogen-bond donors (Lipinski definition) is 2. The maximum absolute atomic E-state index is 12.4. The molecule has 0 saturated heterocycles. The van der Waals surface area contributed by atoms with Crippen LogP contribution in [-0.2, 0) is 0 Å². The van der Waals surface area contributed by atoms with Crippen molar-refractivity contribution in [1.29, 1.82) is 0 Å². The molecule has 2 aromatic heterocycles. The van der Waals surface area contributed by atoms with Crippen molar-refractivity contribution in [3.63, 3.8) is 0 Å². The monoisotopic (exact) mass is 386 g/mol. The van der Waals surface area contributed by atoms with E-state index in [1.165, 1.54) is 11.3 Å². The van der Waals surface area contributed by atoms with Gasteiger partial charge in [-0.05, 0) is 48.9 Å². The number of aromatic nitrogens is 2. The van der Waals surface area contributed by atoms with Crippen LogP contribution >= 0.6 is 11.3 Å². The Labute approximate surface area is 167 Å². The molecule has 0 bridgehead atoms. The van der Waals surface area contributed by atoms with Gasteiger partial charge in [0.15, 0.2) is 5.13 Å². The van der Waals surface area contributed by atoms with Gasteiger partial charge in [-0.3, -0.25) is 9.78 Å². The molecule has 2 N–H and O–H groups in total. The zero-order chi connectivity index (χ0) is 19.3. The van der Waals surface area contributed by atoms with Gasteiger partial charge >= 0.3 is 0 Å². The first-order valence-electron chi connectivity index (χ1n) is 8.79. The molecule has 0 atom stereocenters. The number of hydrogen-bond acceptors (Lipinski definition) is 5. The Kier molecular flexibility index (Phi) is 5.12. The highest BCUT2D eigenvalue weighted by Crippen LogP contribution is 2.29. The average Bonchev–Trinajstić information content (AvgIpc) is 3.20. The van der Waals surface area contributed by atoms with Crippen molar-refractivity contribution in [1.82, 2.24) is 9.97 Å². The highest BCUT2D eigenvalue weighted by atomic mass is 32.1. The van der Waals surface area contributed by atoms with Gasteiger partial charge in [0.25, 0.3) is 5.91 Å². The molecule has 0 aliphatic heterocycles. The van der Waals surface area contributed by atoms with Gasteiger partial charge in [-0.1, -0.05) is 24.3 Å². The first-order chi connectivity index (χ1) is 13.7. The molecule has 0 spiro atoms. The van der Waals surface area contributed by atoms with E-state index in [4.69, 9.17) is 0 Å². The highest BCUT2D eigenvalue weighted by Gasteiger charge is 2.09. The van der Waals surface area contributed by atoms with Gasteiger partial charge in [0.05, 0.1) is 5.69 Å². The number of pyridine rings is 1. The lowest BCUT2D eigenvalue weighted by atomic mass is 10.1. The number of nitrogens with zero attached hydrogens (tertiary/aromatic N) is 2. The molecule has 5 nitrogen and oxygen atoms in total. The van der Waals surface area contributed by atoms with Crippen molar-refractivity contribution in [3.05, 3.63) is 89.6 Å². The quantitative estimate of drug-likeness (QED) is 0.475. The summed E-state index contributed by atoms with van der Waals surface area (Å²) < 4.78 is 0. The molecule has 138 valence electrons. The standard InChI is InChI=1S/C22H18N4OS/c1-15-9-10-18(24-21(27)16-6-3-2-4-7-16)12-19(15)25-22-26-20(14-28-22)17-8-5-11-23-13-17/h2-14H,1H3,(H,24,27)(H,25,26). The molecular formula is C22H18N4OS. The third-order valence-corrected chi connectivity index (χ3v) is 4.99. The van der Waals surface area contributed by atoms with Crippen LogP contribution in [0.15, 0.2) is 78.4 Å². The maximum atomic E-state index is 12.4. The van der Waals surface area contributed by atoms with Crippen LogP contribution in [-0.4, -0.2) is 15.9 Å². The number of benzene rings is 2. The Morgan fingerprint density at radius 3 is 2.68 bits per heavy atom. The van der Waals surface area contributed by atoms with Gasteiger partial charge in [-0.2, -0.15) is 0 Å². The molecule has 2 heterocycles. The summed E-state index contributed by atoms with van der Waals surface area (Å²) in [6, 6.07) is 18.8. The number of nitrogens with one attached hydrogen (secondary N) is 2. The summed E-state index contributed by atoms with van der Waals surface area (Å²) in [5.74, 6) is -0.136. The fraction of sp³-hybridized carbons (Fsp3) is 0.0455. The van der Waals surface area contributed by atoms with Crippen molar-refractivity contribution in [3.8, 4) is 11.3 Å². The highest BCUT2D eigenvalue weighted by molar-refractivity contribution is 7.14. The number of amides is 1. The van der Waals surface area contributed by atoms with Crippen LogP contribution in [0.4, 0.5) is 16.5 Å². The summed E-state index contributed by atoms with van der Waals surface area (Å²) in [4.78, 5) is 21.2. The Balaban J connectivity index is 1.52. The molecular weight excluding hydrogens is 368 g/mol. The van der Waals surface area contributed by atoms with Crippen LogP contribution in [0, 0.1) is 6.92 Å². The van der Waals surface area contributed by atoms with Gasteiger partial charge in [-0.25, -0.2) is 4.98 Å². The van der Waals surface area contributed by atoms with E-state index < -0.39 is 0 Å². The molecule has 6 heteroatoms. The summed E-state index contributed by atoms with van der Waals surface area (Å²) in [7, 11) is 0. The summed E-state index contributed by atoms with van der Waals surface area (Å²) in [5, 5.41) is 9.07. The van der Waals surface area contributed by atoms with Crippen molar-refractivity contribution in [2.75, 3.05) is 10.6 Å². The van der Waals surface area contributed by atoms with Crippen LogP contribution in [0.5, 0.6) is 0 Å². The second-order valence-corrected chi connectivity index (χ2v) is 7.11. The normalized spacial score (nSPS) is 10.5. The third-order valence-electron chi connectivity index (χ3n) is 4.23. The van der Waals surface area contributed by atoms with Crippen LogP contribution in [0.3, 0.4) is 0 Å². The summed E-state index contributed by atoms with van der Waals surface area (Å²) >= 11 is 1.53. The summed E-state index contributed by atoms with van der Waals surface area (Å²) in [6.07, 6.45) is 3.54. The Hall–Kier alpha value is -3.51. The minimum atomic E-state index is -0.136. The smallest absolute Gasteiger partial charge is 0.255 e. The van der Waals surface area contributed by atoms with E-state index in [1.54, 1.807) is 24.5 Å². The van der Waals surface area contributed by atoms with E-state index in [0.717, 1.165) is 33.3 Å². The lowest BCUT2D eigenvalue weighted by molar-refractivity contribution is 0.102. The molecule has 0 unspecified atom stereocenters. The molecule has 0 aliphatic carbocycles. The van der Waals surface area contributed by atoms with Crippen LogP contribution in [0.2, 0.25) is 0 Å². The second-order valence-electron chi connectivity index (χ2n) is 6.25. The molecule has 0 fully saturated rings. The molecule has 1 amide bonds. The molecule has 28 heavy (non-hydrogen) atoms. The molecule has 0 aliphatic rings. The first-order valence-corrected chi connectivity index (χ1v) is 9.67. The number of carbonyl (C=O) groups excluding carboxylic acids is 1. The van der Waals surface area contributed by atoms with E-state index in [1.807, 2.05) is 60.8 Å². The summed E-state index contributed by atoms with van der Waals surface area (Å²) in [5.41, 5.74) is 5.18. The first kappa shape index (κ1) is 17.9. The predicted octanol–water partition coefficient (Wildman–Crippen LogP) is 5.51. The maximum Gasteiger partial charge on any atom is 0.255 e. The number of rotatable bonds is 5. The van der Waals surface area contributed by atoms with Crippen molar-refractivity contribution in [2.24, 2.45) is 0 Å². The van der Waals surface area contributed by atoms with Crippen LogP contribution in [0.25, 0.3) is 11.3 Å². The zero-order valence-corrected chi connectivity index (χ0v) is 16.0.